The lowest BCUT2D eigenvalue weighted by Crippen LogP contribution is -2.46. The number of nitrogens with zero attached hydrogens (tertiary/aromatic N) is 2. The Kier molecular flexibility index (Phi) is 6.12. The van der Waals surface area contributed by atoms with E-state index in [0.29, 0.717) is 43.2 Å². The predicted molar refractivity (Wildman–Crippen MR) is 123 cm³/mol. The molecule has 4 rings (SSSR count). The first-order valence-corrected chi connectivity index (χ1v) is 11.1. The fraction of sp³-hybridized carbons (Fsp3) is 0.417. The van der Waals surface area contributed by atoms with Crippen LogP contribution in [0.2, 0.25) is 0 Å². The molecule has 1 aromatic heterocycles. The molecule has 4 N–H and O–H groups in total. The summed E-state index contributed by atoms with van der Waals surface area (Å²) in [4.78, 5) is 43.5. The molecule has 8 heteroatoms. The van der Waals surface area contributed by atoms with Gasteiger partial charge in [-0.2, -0.15) is 0 Å². The molecule has 0 spiro atoms. The maximum Gasteiger partial charge on any atom is 0.313 e. The highest BCUT2D eigenvalue weighted by molar-refractivity contribution is 6.39. The van der Waals surface area contributed by atoms with E-state index in [1.54, 1.807) is 11.0 Å². The number of anilines is 3. The van der Waals surface area contributed by atoms with E-state index in [4.69, 9.17) is 5.73 Å². The minimum Gasteiger partial charge on any atom is -0.383 e. The van der Waals surface area contributed by atoms with Gasteiger partial charge in [-0.25, -0.2) is 4.98 Å². The summed E-state index contributed by atoms with van der Waals surface area (Å²) in [7, 11) is 0. The zero-order chi connectivity index (χ0) is 22.8. The molecule has 0 bridgehead atoms. The number of nitrogens with two attached hydrogens (primary N) is 1. The van der Waals surface area contributed by atoms with Crippen LogP contribution in [0.15, 0.2) is 30.5 Å². The number of nitrogens with one attached hydrogen (secondary N) is 2. The van der Waals surface area contributed by atoms with E-state index in [1.165, 1.54) is 6.20 Å². The standard InChI is InChI=1S/C24H29N5O3/c1-3-15-11-18(12-26-22(15)25)27-23(31)24(32)29-13-14(2)4-8-20(29)17-5-7-19-16(10-17)6-9-21(30)28-19/h5,7,10-12,14,20H,3-4,6,8-9,13H2,1-2H3,(H2,25,26)(H,27,31)(H,28,30). The molecule has 2 aromatic rings. The Morgan fingerprint density at radius 2 is 2.06 bits per heavy atom. The van der Waals surface area contributed by atoms with Crippen molar-refractivity contribution in [3.05, 3.63) is 47.2 Å². The van der Waals surface area contributed by atoms with Crippen molar-refractivity contribution in [3.63, 3.8) is 0 Å². The SMILES string of the molecule is CCc1cc(NC(=O)C(=O)N2CC(C)CCC2c2ccc3c(c2)CCC(=O)N3)cnc1N. The van der Waals surface area contributed by atoms with Gasteiger partial charge in [-0.3, -0.25) is 14.4 Å². The molecule has 1 aromatic carbocycles. The summed E-state index contributed by atoms with van der Waals surface area (Å²) in [5, 5.41) is 5.58. The van der Waals surface area contributed by atoms with E-state index in [0.717, 1.165) is 35.2 Å². The summed E-state index contributed by atoms with van der Waals surface area (Å²) >= 11 is 0. The topological polar surface area (TPSA) is 117 Å². The average Bonchev–Trinajstić information content (AvgIpc) is 2.79. The number of rotatable bonds is 3. The second-order valence-electron chi connectivity index (χ2n) is 8.70. The van der Waals surface area contributed by atoms with Gasteiger partial charge in [-0.1, -0.05) is 26.0 Å². The number of fused-ring (bicyclic) bond motifs is 1. The van der Waals surface area contributed by atoms with Crippen molar-refractivity contribution in [2.45, 2.75) is 52.0 Å². The van der Waals surface area contributed by atoms with Gasteiger partial charge >= 0.3 is 11.8 Å². The number of benzene rings is 1. The molecule has 0 saturated carbocycles. The van der Waals surface area contributed by atoms with Gasteiger partial charge in [0, 0.05) is 18.7 Å². The van der Waals surface area contributed by atoms with Crippen molar-refractivity contribution >= 4 is 34.9 Å². The Balaban J connectivity index is 1.55. The first-order valence-electron chi connectivity index (χ1n) is 11.1. The lowest BCUT2D eigenvalue weighted by Gasteiger charge is -2.39. The summed E-state index contributed by atoms with van der Waals surface area (Å²) in [6.07, 6.45) is 5.05. The van der Waals surface area contributed by atoms with E-state index in [9.17, 15) is 14.4 Å². The fourth-order valence-corrected chi connectivity index (χ4v) is 4.52. The number of carbonyl (C=O) groups excluding carboxylic acids is 3. The molecule has 8 nitrogen and oxygen atoms in total. The summed E-state index contributed by atoms with van der Waals surface area (Å²) in [5.41, 5.74) is 10.0. The minimum atomic E-state index is -0.678. The van der Waals surface area contributed by atoms with E-state index in [-0.39, 0.29) is 11.9 Å². The third kappa shape index (κ3) is 4.44. The molecule has 1 fully saturated rings. The maximum atomic E-state index is 13.2. The van der Waals surface area contributed by atoms with Gasteiger partial charge in [0.05, 0.1) is 17.9 Å². The van der Waals surface area contributed by atoms with Gasteiger partial charge in [0.15, 0.2) is 0 Å². The Morgan fingerprint density at radius 3 is 2.84 bits per heavy atom. The average molecular weight is 436 g/mol. The number of hydrogen-bond acceptors (Lipinski definition) is 5. The number of aryl methyl sites for hydroxylation is 2. The number of pyridine rings is 1. The third-order valence-electron chi connectivity index (χ3n) is 6.32. The molecule has 3 amide bonds. The minimum absolute atomic E-state index is 0.0219. The van der Waals surface area contributed by atoms with Crippen LogP contribution in [0, 0.1) is 5.92 Å². The van der Waals surface area contributed by atoms with Crippen LogP contribution in [0.3, 0.4) is 0 Å². The highest BCUT2D eigenvalue weighted by Crippen LogP contribution is 2.36. The summed E-state index contributed by atoms with van der Waals surface area (Å²) < 4.78 is 0. The van der Waals surface area contributed by atoms with E-state index in [2.05, 4.69) is 28.6 Å². The smallest absolute Gasteiger partial charge is 0.313 e. The number of aromatic nitrogens is 1. The summed E-state index contributed by atoms with van der Waals surface area (Å²) in [5.74, 6) is -0.478. The van der Waals surface area contributed by atoms with Crippen molar-refractivity contribution in [2.24, 2.45) is 5.92 Å². The Hall–Kier alpha value is -3.42. The van der Waals surface area contributed by atoms with Crippen LogP contribution in [-0.4, -0.2) is 34.2 Å². The van der Waals surface area contributed by atoms with Crippen molar-refractivity contribution < 1.29 is 14.4 Å². The van der Waals surface area contributed by atoms with Gasteiger partial charge < -0.3 is 21.3 Å². The summed E-state index contributed by atoms with van der Waals surface area (Å²) in [6, 6.07) is 7.48. The molecule has 32 heavy (non-hydrogen) atoms. The van der Waals surface area contributed by atoms with Gasteiger partial charge in [-0.15, -0.1) is 0 Å². The van der Waals surface area contributed by atoms with Gasteiger partial charge in [0.2, 0.25) is 5.91 Å². The van der Waals surface area contributed by atoms with E-state index >= 15 is 0 Å². The molecule has 168 valence electrons. The number of amides is 3. The van der Waals surface area contributed by atoms with Crippen molar-refractivity contribution in [1.29, 1.82) is 0 Å². The fourth-order valence-electron chi connectivity index (χ4n) is 4.52. The zero-order valence-corrected chi connectivity index (χ0v) is 18.5. The molecule has 0 aliphatic carbocycles. The molecule has 1 saturated heterocycles. The number of nitrogen functional groups attached to an aromatic ring is 1. The molecular formula is C24H29N5O3. The van der Waals surface area contributed by atoms with E-state index in [1.807, 2.05) is 19.1 Å². The van der Waals surface area contributed by atoms with Gasteiger partial charge in [0.25, 0.3) is 0 Å². The van der Waals surface area contributed by atoms with Crippen molar-refractivity contribution in [2.75, 3.05) is 22.9 Å². The highest BCUT2D eigenvalue weighted by atomic mass is 16.2. The maximum absolute atomic E-state index is 13.2. The quantitative estimate of drug-likeness (QED) is 0.641. The normalized spacial score (nSPS) is 20.3. The molecule has 2 unspecified atom stereocenters. The molecule has 2 aliphatic heterocycles. The second kappa shape index (κ2) is 8.98. The van der Waals surface area contributed by atoms with Crippen LogP contribution in [0.25, 0.3) is 0 Å². The lowest BCUT2D eigenvalue weighted by atomic mass is 9.88. The van der Waals surface area contributed by atoms with Crippen molar-refractivity contribution in [3.8, 4) is 0 Å². The second-order valence-corrected chi connectivity index (χ2v) is 8.70. The highest BCUT2D eigenvalue weighted by Gasteiger charge is 2.34. The zero-order valence-electron chi connectivity index (χ0n) is 18.5. The van der Waals surface area contributed by atoms with Crippen molar-refractivity contribution in [1.82, 2.24) is 9.88 Å². The summed E-state index contributed by atoms with van der Waals surface area (Å²) in [6.45, 7) is 4.56. The lowest BCUT2D eigenvalue weighted by molar-refractivity contribution is -0.146. The molecule has 0 radical (unpaired) electrons. The number of carbonyl (C=O) groups is 3. The first-order chi connectivity index (χ1) is 15.4. The Morgan fingerprint density at radius 1 is 1.25 bits per heavy atom. The first kappa shape index (κ1) is 21.8. The van der Waals surface area contributed by atoms with Gasteiger partial charge in [-0.05, 0) is 60.4 Å². The monoisotopic (exact) mass is 435 g/mol. The van der Waals surface area contributed by atoms with Gasteiger partial charge in [0.1, 0.15) is 5.82 Å². The Labute approximate surface area is 187 Å². The Bertz CT molecular complexity index is 1070. The molecule has 2 aliphatic rings. The van der Waals surface area contributed by atoms with Crippen LogP contribution >= 0.6 is 0 Å². The van der Waals surface area contributed by atoms with Crippen LogP contribution in [-0.2, 0) is 27.2 Å². The van der Waals surface area contributed by atoms with Crippen LogP contribution in [0.4, 0.5) is 17.2 Å². The molecule has 3 heterocycles. The number of piperidine rings is 1. The molecule has 2 atom stereocenters. The number of hydrogen-bond donors (Lipinski definition) is 3. The largest absolute Gasteiger partial charge is 0.383 e. The third-order valence-corrected chi connectivity index (χ3v) is 6.32. The predicted octanol–water partition coefficient (Wildman–Crippen LogP) is 3.05. The molecular weight excluding hydrogens is 406 g/mol. The van der Waals surface area contributed by atoms with Crippen LogP contribution in [0.5, 0.6) is 0 Å². The van der Waals surface area contributed by atoms with Crippen LogP contribution in [0.1, 0.15) is 55.8 Å². The van der Waals surface area contributed by atoms with Crippen LogP contribution < -0.4 is 16.4 Å². The number of likely N-dealkylation sites (tertiary alicyclic amines) is 1. The van der Waals surface area contributed by atoms with E-state index < -0.39 is 11.8 Å².